The molecule has 0 bridgehead atoms. The lowest BCUT2D eigenvalue weighted by Gasteiger charge is -2.27. The SMILES string of the molecule is CN(Cc1ccc(O)c(Cl)c1)C1CCCCCC1. The van der Waals surface area contributed by atoms with Gasteiger partial charge in [0.1, 0.15) is 5.75 Å². The molecule has 0 radical (unpaired) electrons. The molecule has 2 nitrogen and oxygen atoms in total. The molecular formula is C15H22ClNO. The van der Waals surface area contributed by atoms with Crippen LogP contribution in [0.3, 0.4) is 0 Å². The van der Waals surface area contributed by atoms with E-state index in [2.05, 4.69) is 11.9 Å². The van der Waals surface area contributed by atoms with Crippen molar-refractivity contribution < 1.29 is 5.11 Å². The number of nitrogens with zero attached hydrogens (tertiary/aromatic N) is 1. The number of phenolic OH excluding ortho intramolecular Hbond substituents is 1. The normalized spacial score (nSPS) is 17.9. The first-order chi connectivity index (χ1) is 8.66. The number of phenols is 1. The van der Waals surface area contributed by atoms with Crippen molar-refractivity contribution >= 4 is 11.6 Å². The van der Waals surface area contributed by atoms with Crippen LogP contribution in [0.5, 0.6) is 5.75 Å². The van der Waals surface area contributed by atoms with Crippen LogP contribution in [0.15, 0.2) is 18.2 Å². The van der Waals surface area contributed by atoms with Crippen molar-refractivity contribution in [3.63, 3.8) is 0 Å². The van der Waals surface area contributed by atoms with Crippen LogP contribution in [0.25, 0.3) is 0 Å². The lowest BCUT2D eigenvalue weighted by Crippen LogP contribution is -2.30. The molecule has 0 saturated heterocycles. The molecule has 0 heterocycles. The standard InChI is InChI=1S/C15H22ClNO/c1-17(13-6-4-2-3-5-7-13)11-12-8-9-15(18)14(16)10-12/h8-10,13,18H,2-7,11H2,1H3. The maximum Gasteiger partial charge on any atom is 0.134 e. The Bertz CT molecular complexity index is 386. The Morgan fingerprint density at radius 1 is 1.22 bits per heavy atom. The van der Waals surface area contributed by atoms with Gasteiger partial charge in [-0.2, -0.15) is 0 Å². The van der Waals surface area contributed by atoms with E-state index in [9.17, 15) is 5.11 Å². The van der Waals surface area contributed by atoms with E-state index in [-0.39, 0.29) is 5.75 Å². The predicted octanol–water partition coefficient (Wildman–Crippen LogP) is 4.20. The van der Waals surface area contributed by atoms with Gasteiger partial charge in [-0.15, -0.1) is 0 Å². The van der Waals surface area contributed by atoms with E-state index in [1.54, 1.807) is 6.07 Å². The molecule has 1 aliphatic carbocycles. The summed E-state index contributed by atoms with van der Waals surface area (Å²) in [6, 6.07) is 6.19. The van der Waals surface area contributed by atoms with Crippen molar-refractivity contribution in [3.05, 3.63) is 28.8 Å². The molecular weight excluding hydrogens is 246 g/mol. The van der Waals surface area contributed by atoms with E-state index in [0.717, 1.165) is 6.54 Å². The fourth-order valence-electron chi connectivity index (χ4n) is 2.76. The third-order valence-electron chi connectivity index (χ3n) is 3.89. The number of benzene rings is 1. The molecule has 0 amide bonds. The molecule has 0 aromatic heterocycles. The van der Waals surface area contributed by atoms with Crippen LogP contribution in [0.1, 0.15) is 44.1 Å². The molecule has 0 unspecified atom stereocenters. The smallest absolute Gasteiger partial charge is 0.134 e. The van der Waals surface area contributed by atoms with Crippen LogP contribution in [-0.4, -0.2) is 23.1 Å². The Hall–Kier alpha value is -0.730. The minimum Gasteiger partial charge on any atom is -0.506 e. The first-order valence-electron chi connectivity index (χ1n) is 6.84. The van der Waals surface area contributed by atoms with E-state index in [0.29, 0.717) is 11.1 Å². The zero-order chi connectivity index (χ0) is 13.0. The number of aromatic hydroxyl groups is 1. The summed E-state index contributed by atoms with van der Waals surface area (Å²) in [5.41, 5.74) is 1.17. The molecule has 3 heteroatoms. The summed E-state index contributed by atoms with van der Waals surface area (Å²) in [5.74, 6) is 0.164. The molecule has 1 aliphatic rings. The van der Waals surface area contributed by atoms with Gasteiger partial charge in [0.2, 0.25) is 0 Å². The van der Waals surface area contributed by atoms with Crippen molar-refractivity contribution in [2.24, 2.45) is 0 Å². The lowest BCUT2D eigenvalue weighted by atomic mass is 10.1. The van der Waals surface area contributed by atoms with Gasteiger partial charge in [-0.05, 0) is 37.6 Å². The first kappa shape index (κ1) is 13.7. The number of hydrogen-bond acceptors (Lipinski definition) is 2. The zero-order valence-electron chi connectivity index (χ0n) is 11.0. The van der Waals surface area contributed by atoms with Crippen LogP contribution >= 0.6 is 11.6 Å². The van der Waals surface area contributed by atoms with E-state index in [4.69, 9.17) is 11.6 Å². The second kappa shape index (κ2) is 6.44. The van der Waals surface area contributed by atoms with Crippen LogP contribution in [0, 0.1) is 0 Å². The van der Waals surface area contributed by atoms with E-state index in [1.165, 1.54) is 44.1 Å². The van der Waals surface area contributed by atoms with Crippen LogP contribution < -0.4 is 0 Å². The molecule has 18 heavy (non-hydrogen) atoms. The van der Waals surface area contributed by atoms with Crippen molar-refractivity contribution in [3.8, 4) is 5.75 Å². The Morgan fingerprint density at radius 2 is 1.89 bits per heavy atom. The molecule has 0 atom stereocenters. The van der Waals surface area contributed by atoms with Crippen molar-refractivity contribution in [1.29, 1.82) is 0 Å². The topological polar surface area (TPSA) is 23.5 Å². The van der Waals surface area contributed by atoms with Crippen LogP contribution in [-0.2, 0) is 6.54 Å². The third kappa shape index (κ3) is 3.63. The van der Waals surface area contributed by atoms with E-state index in [1.807, 2.05) is 12.1 Å². The number of halogens is 1. The molecule has 0 aliphatic heterocycles. The lowest BCUT2D eigenvalue weighted by molar-refractivity contribution is 0.213. The second-order valence-corrected chi connectivity index (χ2v) is 5.75. The molecule has 1 aromatic rings. The molecule has 1 saturated carbocycles. The molecule has 1 fully saturated rings. The second-order valence-electron chi connectivity index (χ2n) is 5.35. The van der Waals surface area contributed by atoms with Gasteiger partial charge in [0.15, 0.2) is 0 Å². The van der Waals surface area contributed by atoms with E-state index >= 15 is 0 Å². The Morgan fingerprint density at radius 3 is 2.50 bits per heavy atom. The summed E-state index contributed by atoms with van der Waals surface area (Å²) in [7, 11) is 2.19. The molecule has 100 valence electrons. The average Bonchev–Trinajstić information content (AvgIpc) is 2.62. The molecule has 1 N–H and O–H groups in total. The number of hydrogen-bond donors (Lipinski definition) is 1. The first-order valence-corrected chi connectivity index (χ1v) is 7.22. The summed E-state index contributed by atoms with van der Waals surface area (Å²) < 4.78 is 0. The minimum absolute atomic E-state index is 0.164. The highest BCUT2D eigenvalue weighted by Crippen LogP contribution is 2.26. The highest BCUT2D eigenvalue weighted by molar-refractivity contribution is 6.32. The predicted molar refractivity (Wildman–Crippen MR) is 76.1 cm³/mol. The highest BCUT2D eigenvalue weighted by atomic mass is 35.5. The maximum absolute atomic E-state index is 9.42. The van der Waals surface area contributed by atoms with Gasteiger partial charge in [-0.25, -0.2) is 0 Å². The summed E-state index contributed by atoms with van der Waals surface area (Å²) >= 11 is 5.94. The van der Waals surface area contributed by atoms with Gasteiger partial charge in [-0.1, -0.05) is 43.4 Å². The van der Waals surface area contributed by atoms with E-state index < -0.39 is 0 Å². The number of rotatable bonds is 3. The van der Waals surface area contributed by atoms with Crippen LogP contribution in [0.4, 0.5) is 0 Å². The molecule has 0 spiro atoms. The van der Waals surface area contributed by atoms with Crippen molar-refractivity contribution in [1.82, 2.24) is 4.90 Å². The fourth-order valence-corrected chi connectivity index (χ4v) is 2.97. The quantitative estimate of drug-likeness (QED) is 0.830. The summed E-state index contributed by atoms with van der Waals surface area (Å²) in [5, 5.41) is 9.86. The Kier molecular flexibility index (Phi) is 4.90. The van der Waals surface area contributed by atoms with Gasteiger partial charge in [0.05, 0.1) is 5.02 Å². The van der Waals surface area contributed by atoms with Gasteiger partial charge in [-0.3, -0.25) is 4.90 Å². The van der Waals surface area contributed by atoms with Gasteiger partial charge < -0.3 is 5.11 Å². The zero-order valence-corrected chi connectivity index (χ0v) is 11.8. The monoisotopic (exact) mass is 267 g/mol. The third-order valence-corrected chi connectivity index (χ3v) is 4.19. The van der Waals surface area contributed by atoms with Crippen LogP contribution in [0.2, 0.25) is 5.02 Å². The molecule has 2 rings (SSSR count). The maximum atomic E-state index is 9.42. The Labute approximate surface area is 115 Å². The highest BCUT2D eigenvalue weighted by Gasteiger charge is 2.17. The summed E-state index contributed by atoms with van der Waals surface area (Å²) in [4.78, 5) is 2.42. The minimum atomic E-state index is 0.164. The Balaban J connectivity index is 1.96. The summed E-state index contributed by atoms with van der Waals surface area (Å²) in [6.45, 7) is 0.907. The summed E-state index contributed by atoms with van der Waals surface area (Å²) in [6.07, 6.45) is 8.09. The fraction of sp³-hybridized carbons (Fsp3) is 0.600. The van der Waals surface area contributed by atoms with Gasteiger partial charge in [0, 0.05) is 12.6 Å². The van der Waals surface area contributed by atoms with Gasteiger partial charge in [0.25, 0.3) is 0 Å². The van der Waals surface area contributed by atoms with Crippen molar-refractivity contribution in [2.75, 3.05) is 7.05 Å². The largest absolute Gasteiger partial charge is 0.506 e. The van der Waals surface area contributed by atoms with Crippen molar-refractivity contribution in [2.45, 2.75) is 51.1 Å². The van der Waals surface area contributed by atoms with Gasteiger partial charge >= 0.3 is 0 Å². The molecule has 1 aromatic carbocycles. The average molecular weight is 268 g/mol.